The van der Waals surface area contributed by atoms with E-state index in [0.717, 1.165) is 5.33 Å². The molecule has 0 fully saturated rings. The van der Waals surface area contributed by atoms with Crippen molar-refractivity contribution in [2.45, 2.75) is 5.33 Å². The molecule has 1 aromatic rings. The summed E-state index contributed by atoms with van der Waals surface area (Å²) in [6.45, 7) is 0. The Morgan fingerprint density at radius 1 is 1.56 bits per heavy atom. The Hall–Kier alpha value is -0.410. The van der Waals surface area contributed by atoms with E-state index in [9.17, 15) is 0 Å². The average Bonchev–Trinajstić information content (AvgIpc) is 1.90. The van der Waals surface area contributed by atoms with Crippen LogP contribution in [0.3, 0.4) is 0 Å². The van der Waals surface area contributed by atoms with Crippen LogP contribution in [0.2, 0.25) is 0 Å². The Morgan fingerprint density at radius 3 is 2.67 bits per heavy atom. The van der Waals surface area contributed by atoms with Crippen molar-refractivity contribution >= 4 is 15.9 Å². The number of hydrogen-bond acceptors (Lipinski definition) is 2. The van der Waals surface area contributed by atoms with Crippen LogP contribution < -0.4 is 6.15 Å². The second-order valence-corrected chi connectivity index (χ2v) is 2.06. The number of halogens is 1. The molecule has 0 aliphatic heterocycles. The van der Waals surface area contributed by atoms with Gasteiger partial charge in [0.15, 0.2) is 0 Å². The van der Waals surface area contributed by atoms with Gasteiger partial charge in [0.05, 0.1) is 0 Å². The maximum atomic E-state index is 3.93. The van der Waals surface area contributed by atoms with Crippen LogP contribution >= 0.6 is 15.9 Å². The summed E-state index contributed by atoms with van der Waals surface area (Å²) < 4.78 is 0. The molecule has 0 atom stereocenters. The van der Waals surface area contributed by atoms with E-state index in [0.29, 0.717) is 0 Å². The third-order valence-corrected chi connectivity index (χ3v) is 1.52. The first-order chi connectivity index (χ1) is 3.93. The molecular weight excluding hydrogens is 180 g/mol. The summed E-state index contributed by atoms with van der Waals surface area (Å²) in [4.78, 5) is 3.93. The molecule has 0 saturated carbocycles. The molecule has 3 N–H and O–H groups in total. The molecule has 50 valence electrons. The molecule has 9 heavy (non-hydrogen) atoms. The molecule has 0 bridgehead atoms. The van der Waals surface area contributed by atoms with Crippen molar-refractivity contribution in [3.05, 3.63) is 30.1 Å². The minimum atomic E-state index is 0. The predicted molar refractivity (Wildman–Crippen MR) is 41.9 cm³/mol. The summed E-state index contributed by atoms with van der Waals surface area (Å²) in [5, 5.41) is 0.890. The fourth-order valence-electron chi connectivity index (χ4n) is 0.477. The quantitative estimate of drug-likeness (QED) is 0.688. The Bertz CT molecular complexity index is 152. The van der Waals surface area contributed by atoms with Gasteiger partial charge in [-0.05, 0) is 11.6 Å². The highest BCUT2D eigenvalue weighted by Gasteiger charge is 1.82. The molecule has 0 amide bonds. The van der Waals surface area contributed by atoms with Gasteiger partial charge in [0.2, 0.25) is 0 Å². The van der Waals surface area contributed by atoms with Crippen LogP contribution in [0.25, 0.3) is 0 Å². The Morgan fingerprint density at radius 2 is 2.33 bits per heavy atom. The van der Waals surface area contributed by atoms with Crippen LogP contribution in [0, 0.1) is 0 Å². The zero-order valence-corrected chi connectivity index (χ0v) is 6.63. The Labute approximate surface area is 63.0 Å². The standard InChI is InChI=1S/C6H6BrN.H3N/c7-4-6-2-1-3-8-5-6;/h1-3,5H,4H2;1H3. The monoisotopic (exact) mass is 188 g/mol. The molecule has 3 heteroatoms. The highest BCUT2D eigenvalue weighted by molar-refractivity contribution is 9.08. The molecule has 1 heterocycles. The van der Waals surface area contributed by atoms with Crippen molar-refractivity contribution in [3.63, 3.8) is 0 Å². The zero-order chi connectivity index (χ0) is 5.82. The van der Waals surface area contributed by atoms with E-state index >= 15 is 0 Å². The van der Waals surface area contributed by atoms with Gasteiger partial charge in [-0.15, -0.1) is 0 Å². The van der Waals surface area contributed by atoms with Gasteiger partial charge in [0.1, 0.15) is 0 Å². The molecule has 0 saturated heterocycles. The second-order valence-electron chi connectivity index (χ2n) is 1.49. The van der Waals surface area contributed by atoms with Gasteiger partial charge < -0.3 is 6.15 Å². The zero-order valence-electron chi connectivity index (χ0n) is 5.05. The smallest absolute Gasteiger partial charge is 0.0308 e. The van der Waals surface area contributed by atoms with Gasteiger partial charge in [-0.1, -0.05) is 22.0 Å². The van der Waals surface area contributed by atoms with Gasteiger partial charge >= 0.3 is 0 Å². The van der Waals surface area contributed by atoms with Gasteiger partial charge in [0, 0.05) is 17.7 Å². The largest absolute Gasteiger partial charge is 0.344 e. The Balaban J connectivity index is 0.000000640. The molecule has 0 unspecified atom stereocenters. The Kier molecular flexibility index (Phi) is 4.26. The topological polar surface area (TPSA) is 47.9 Å². The van der Waals surface area contributed by atoms with Crippen molar-refractivity contribution in [2.24, 2.45) is 0 Å². The lowest BCUT2D eigenvalue weighted by atomic mass is 10.3. The van der Waals surface area contributed by atoms with Crippen LogP contribution in [-0.4, -0.2) is 4.98 Å². The lowest BCUT2D eigenvalue weighted by Crippen LogP contribution is -1.75. The van der Waals surface area contributed by atoms with E-state index in [1.165, 1.54) is 5.56 Å². The lowest BCUT2D eigenvalue weighted by Gasteiger charge is -1.87. The highest BCUT2D eigenvalue weighted by Crippen LogP contribution is 2.00. The van der Waals surface area contributed by atoms with E-state index in [2.05, 4.69) is 20.9 Å². The lowest BCUT2D eigenvalue weighted by molar-refractivity contribution is 1.26. The molecule has 0 aliphatic rings. The summed E-state index contributed by atoms with van der Waals surface area (Å²) in [5.74, 6) is 0. The summed E-state index contributed by atoms with van der Waals surface area (Å²) >= 11 is 3.32. The molecule has 0 aromatic carbocycles. The average molecular weight is 189 g/mol. The summed E-state index contributed by atoms with van der Waals surface area (Å²) in [7, 11) is 0. The van der Waals surface area contributed by atoms with Gasteiger partial charge in [-0.2, -0.15) is 0 Å². The number of pyridine rings is 1. The van der Waals surface area contributed by atoms with Crippen LogP contribution in [0.1, 0.15) is 5.56 Å². The highest BCUT2D eigenvalue weighted by atomic mass is 79.9. The van der Waals surface area contributed by atoms with Gasteiger partial charge in [-0.3, -0.25) is 4.98 Å². The summed E-state index contributed by atoms with van der Waals surface area (Å²) in [6.07, 6.45) is 3.61. The summed E-state index contributed by atoms with van der Waals surface area (Å²) in [5.41, 5.74) is 1.22. The van der Waals surface area contributed by atoms with Crippen LogP contribution in [0.4, 0.5) is 0 Å². The minimum Gasteiger partial charge on any atom is -0.344 e. The van der Waals surface area contributed by atoms with E-state index in [1.54, 1.807) is 6.20 Å². The van der Waals surface area contributed by atoms with Crippen molar-refractivity contribution in [2.75, 3.05) is 0 Å². The number of aromatic nitrogens is 1. The molecular formula is C6H9BrN2. The minimum absolute atomic E-state index is 0. The molecule has 1 rings (SSSR count). The molecule has 2 nitrogen and oxygen atoms in total. The number of rotatable bonds is 1. The van der Waals surface area contributed by atoms with Crippen LogP contribution in [0.5, 0.6) is 0 Å². The van der Waals surface area contributed by atoms with E-state index in [4.69, 9.17) is 0 Å². The third-order valence-electron chi connectivity index (χ3n) is 0.877. The number of nitrogens with zero attached hydrogens (tertiary/aromatic N) is 1. The first kappa shape index (κ1) is 8.59. The number of alkyl halides is 1. The molecule has 0 aliphatic carbocycles. The van der Waals surface area contributed by atoms with E-state index in [1.807, 2.05) is 18.3 Å². The number of hydrogen-bond donors (Lipinski definition) is 1. The van der Waals surface area contributed by atoms with Gasteiger partial charge in [0.25, 0.3) is 0 Å². The normalized spacial score (nSPS) is 8.11. The van der Waals surface area contributed by atoms with Gasteiger partial charge in [-0.25, -0.2) is 0 Å². The molecule has 0 radical (unpaired) electrons. The maximum absolute atomic E-state index is 3.93. The molecule has 0 spiro atoms. The SMILES string of the molecule is BrCc1cccnc1.N. The van der Waals surface area contributed by atoms with Crippen LogP contribution in [0.15, 0.2) is 24.5 Å². The predicted octanol–water partition coefficient (Wildman–Crippen LogP) is 2.14. The maximum Gasteiger partial charge on any atom is 0.0308 e. The van der Waals surface area contributed by atoms with E-state index < -0.39 is 0 Å². The second kappa shape index (κ2) is 4.47. The van der Waals surface area contributed by atoms with Crippen molar-refractivity contribution in [1.29, 1.82) is 0 Å². The molecule has 1 aromatic heterocycles. The van der Waals surface area contributed by atoms with Crippen molar-refractivity contribution < 1.29 is 0 Å². The summed E-state index contributed by atoms with van der Waals surface area (Å²) in [6, 6.07) is 3.96. The van der Waals surface area contributed by atoms with Crippen molar-refractivity contribution in [3.8, 4) is 0 Å². The third kappa shape index (κ3) is 2.58. The van der Waals surface area contributed by atoms with Crippen molar-refractivity contribution in [1.82, 2.24) is 11.1 Å². The first-order valence-electron chi connectivity index (χ1n) is 2.38. The van der Waals surface area contributed by atoms with E-state index in [-0.39, 0.29) is 6.15 Å². The fourth-order valence-corrected chi connectivity index (χ4v) is 0.809. The fraction of sp³-hybridized carbons (Fsp3) is 0.167. The first-order valence-corrected chi connectivity index (χ1v) is 3.50. The van der Waals surface area contributed by atoms with Crippen LogP contribution in [-0.2, 0) is 5.33 Å².